The molecule has 0 heterocycles. The summed E-state index contributed by atoms with van der Waals surface area (Å²) < 4.78 is 22.3. The largest absolute Gasteiger partial charge is 0.480 e. The molecule has 0 saturated heterocycles. The van der Waals surface area contributed by atoms with Crippen molar-refractivity contribution in [3.8, 4) is 0 Å². The molecule has 0 aliphatic rings. The number of hydrogen-bond acceptors (Lipinski definition) is 4. The van der Waals surface area contributed by atoms with Gasteiger partial charge in [-0.25, -0.2) is 8.42 Å². The van der Waals surface area contributed by atoms with Gasteiger partial charge in [0.1, 0.15) is 11.5 Å². The molecule has 0 aliphatic heterocycles. The van der Waals surface area contributed by atoms with E-state index in [1.54, 1.807) is 13.8 Å². The van der Waals surface area contributed by atoms with Crippen molar-refractivity contribution in [2.75, 3.05) is 24.6 Å². The van der Waals surface area contributed by atoms with Crippen LogP contribution in [0.3, 0.4) is 0 Å². The average molecular weight is 237 g/mol. The van der Waals surface area contributed by atoms with Gasteiger partial charge in [0.15, 0.2) is 9.84 Å². The zero-order chi connectivity index (χ0) is 12.1. The number of carboxylic acid groups (broad SMARTS) is 1. The van der Waals surface area contributed by atoms with Crippen molar-refractivity contribution >= 4 is 21.7 Å². The molecule has 6 nitrogen and oxygen atoms in total. The Morgan fingerprint density at radius 2 is 1.60 bits per heavy atom. The van der Waals surface area contributed by atoms with Crippen LogP contribution in [0.25, 0.3) is 0 Å². The lowest BCUT2D eigenvalue weighted by atomic mass is 10.5. The molecule has 0 aromatic carbocycles. The minimum Gasteiger partial charge on any atom is -0.480 e. The quantitative estimate of drug-likeness (QED) is 0.663. The number of nitrogens with zero attached hydrogens (tertiary/aromatic N) is 1. The van der Waals surface area contributed by atoms with Gasteiger partial charge in [-0.1, -0.05) is 0 Å². The van der Waals surface area contributed by atoms with E-state index in [9.17, 15) is 18.0 Å². The smallest absolute Gasteiger partial charge is 0.318 e. The highest BCUT2D eigenvalue weighted by atomic mass is 32.2. The predicted molar refractivity (Wildman–Crippen MR) is 54.2 cm³/mol. The summed E-state index contributed by atoms with van der Waals surface area (Å²) in [4.78, 5) is 22.9. The Labute approximate surface area is 88.8 Å². The summed E-state index contributed by atoms with van der Waals surface area (Å²) in [6.45, 7) is 4.28. The molecular formula is C8H15NO5S. The summed E-state index contributed by atoms with van der Waals surface area (Å²) in [5.41, 5.74) is 0. The first-order valence-corrected chi connectivity index (χ1v) is 6.34. The molecule has 0 bridgehead atoms. The molecule has 0 fully saturated rings. The summed E-state index contributed by atoms with van der Waals surface area (Å²) in [7, 11) is -3.84. The van der Waals surface area contributed by atoms with Gasteiger partial charge in [-0.05, 0) is 13.8 Å². The lowest BCUT2D eigenvalue weighted by Gasteiger charge is -2.17. The topological polar surface area (TPSA) is 91.8 Å². The van der Waals surface area contributed by atoms with Gasteiger partial charge in [0.25, 0.3) is 0 Å². The minimum atomic E-state index is -3.84. The normalized spacial score (nSPS) is 11.1. The van der Waals surface area contributed by atoms with Crippen LogP contribution >= 0.6 is 0 Å². The van der Waals surface area contributed by atoms with Crippen LogP contribution in [0.2, 0.25) is 0 Å². The van der Waals surface area contributed by atoms with Gasteiger partial charge in [-0.3, -0.25) is 9.59 Å². The van der Waals surface area contributed by atoms with Crippen molar-refractivity contribution < 1.29 is 23.1 Å². The van der Waals surface area contributed by atoms with Crippen LogP contribution in [0.5, 0.6) is 0 Å². The van der Waals surface area contributed by atoms with Crippen molar-refractivity contribution in [2.24, 2.45) is 0 Å². The monoisotopic (exact) mass is 237 g/mol. The van der Waals surface area contributed by atoms with Crippen molar-refractivity contribution in [3.05, 3.63) is 0 Å². The van der Waals surface area contributed by atoms with Crippen LogP contribution in [-0.4, -0.2) is 54.9 Å². The second kappa shape index (κ2) is 5.69. The number of carboxylic acids is 1. The van der Waals surface area contributed by atoms with Crippen LogP contribution in [0, 0.1) is 0 Å². The molecule has 1 amide bonds. The molecule has 15 heavy (non-hydrogen) atoms. The first-order chi connectivity index (χ1) is 6.82. The van der Waals surface area contributed by atoms with E-state index in [-0.39, 0.29) is 0 Å². The van der Waals surface area contributed by atoms with Crippen LogP contribution < -0.4 is 0 Å². The maximum absolute atomic E-state index is 11.4. The summed E-state index contributed by atoms with van der Waals surface area (Å²) in [6, 6.07) is 0. The number of sulfone groups is 1. The van der Waals surface area contributed by atoms with E-state index in [0.29, 0.717) is 13.1 Å². The van der Waals surface area contributed by atoms with Gasteiger partial charge >= 0.3 is 5.97 Å². The number of amides is 1. The number of aliphatic carboxylic acids is 1. The van der Waals surface area contributed by atoms with E-state index < -0.39 is 33.2 Å². The van der Waals surface area contributed by atoms with Crippen molar-refractivity contribution in [1.29, 1.82) is 0 Å². The highest BCUT2D eigenvalue weighted by Crippen LogP contribution is 1.96. The minimum absolute atomic E-state index is 0.415. The lowest BCUT2D eigenvalue weighted by molar-refractivity contribution is -0.134. The van der Waals surface area contributed by atoms with Gasteiger partial charge in [0.05, 0.1) is 0 Å². The SMILES string of the molecule is CCN(CC)C(=O)CS(=O)(=O)CC(=O)O. The third kappa shape index (κ3) is 5.36. The molecule has 0 rings (SSSR count). The Bertz CT molecular complexity index is 331. The van der Waals surface area contributed by atoms with E-state index in [1.165, 1.54) is 4.90 Å². The van der Waals surface area contributed by atoms with E-state index in [4.69, 9.17) is 5.11 Å². The maximum Gasteiger partial charge on any atom is 0.318 e. The lowest BCUT2D eigenvalue weighted by Crippen LogP contribution is -2.36. The third-order valence-corrected chi connectivity index (χ3v) is 3.18. The van der Waals surface area contributed by atoms with Crippen molar-refractivity contribution in [1.82, 2.24) is 4.90 Å². The van der Waals surface area contributed by atoms with Crippen molar-refractivity contribution in [2.45, 2.75) is 13.8 Å². The van der Waals surface area contributed by atoms with E-state index in [2.05, 4.69) is 0 Å². The zero-order valence-electron chi connectivity index (χ0n) is 8.76. The molecule has 1 N–H and O–H groups in total. The first-order valence-electron chi connectivity index (χ1n) is 4.52. The standard InChI is InChI=1S/C8H15NO5S/c1-3-9(4-2)7(10)5-15(13,14)6-8(11)12/h3-6H2,1-2H3,(H,11,12). The molecule has 0 aromatic rings. The highest BCUT2D eigenvalue weighted by Gasteiger charge is 2.22. The third-order valence-electron chi connectivity index (χ3n) is 1.80. The van der Waals surface area contributed by atoms with Crippen molar-refractivity contribution in [3.63, 3.8) is 0 Å². The molecule has 0 aromatic heterocycles. The Kier molecular flexibility index (Phi) is 5.27. The van der Waals surface area contributed by atoms with E-state index in [0.717, 1.165) is 0 Å². The van der Waals surface area contributed by atoms with Gasteiger partial charge in [-0.15, -0.1) is 0 Å². The fraction of sp³-hybridized carbons (Fsp3) is 0.750. The second-order valence-electron chi connectivity index (χ2n) is 2.99. The van der Waals surface area contributed by atoms with E-state index in [1.807, 2.05) is 0 Å². The van der Waals surface area contributed by atoms with Gasteiger partial charge in [0.2, 0.25) is 5.91 Å². The molecule has 0 unspecified atom stereocenters. The fourth-order valence-electron chi connectivity index (χ4n) is 1.09. The fourth-order valence-corrected chi connectivity index (χ4v) is 2.13. The summed E-state index contributed by atoms with van der Waals surface area (Å²) >= 11 is 0. The van der Waals surface area contributed by atoms with Gasteiger partial charge < -0.3 is 10.0 Å². The van der Waals surface area contributed by atoms with Crippen LogP contribution in [0.1, 0.15) is 13.8 Å². The Morgan fingerprint density at radius 1 is 1.13 bits per heavy atom. The number of carbonyl (C=O) groups excluding carboxylic acids is 1. The molecular weight excluding hydrogens is 222 g/mol. The molecule has 0 atom stereocenters. The highest BCUT2D eigenvalue weighted by molar-refractivity contribution is 7.92. The number of carbonyl (C=O) groups is 2. The number of rotatable bonds is 6. The molecule has 0 aliphatic carbocycles. The Balaban J connectivity index is 4.46. The molecule has 0 saturated carbocycles. The Hall–Kier alpha value is -1.11. The summed E-state index contributed by atoms with van der Waals surface area (Å²) in [5.74, 6) is -3.73. The first kappa shape index (κ1) is 13.9. The van der Waals surface area contributed by atoms with Gasteiger partial charge in [0, 0.05) is 13.1 Å². The molecule has 0 spiro atoms. The maximum atomic E-state index is 11.4. The number of hydrogen-bond donors (Lipinski definition) is 1. The summed E-state index contributed by atoms with van der Waals surface area (Å²) in [6.07, 6.45) is 0. The van der Waals surface area contributed by atoms with Gasteiger partial charge in [-0.2, -0.15) is 0 Å². The molecule has 0 radical (unpaired) electrons. The van der Waals surface area contributed by atoms with Crippen LogP contribution in [0.15, 0.2) is 0 Å². The van der Waals surface area contributed by atoms with E-state index >= 15 is 0 Å². The Morgan fingerprint density at radius 3 is 1.93 bits per heavy atom. The van der Waals surface area contributed by atoms with Crippen LogP contribution in [0.4, 0.5) is 0 Å². The second-order valence-corrected chi connectivity index (χ2v) is 5.06. The zero-order valence-corrected chi connectivity index (χ0v) is 9.58. The average Bonchev–Trinajstić information content (AvgIpc) is 2.02. The summed E-state index contributed by atoms with van der Waals surface area (Å²) in [5, 5.41) is 8.31. The van der Waals surface area contributed by atoms with Crippen LogP contribution in [-0.2, 0) is 19.4 Å². The molecule has 88 valence electrons. The molecule has 7 heteroatoms. The predicted octanol–water partition coefficient (Wildman–Crippen LogP) is -0.646.